The van der Waals surface area contributed by atoms with Crippen LogP contribution in [-0.2, 0) is 4.74 Å². The Balaban J connectivity index is 2.16. The minimum absolute atomic E-state index is 0.0888. The summed E-state index contributed by atoms with van der Waals surface area (Å²) >= 11 is 0. The number of halogens is 1. The fourth-order valence-corrected chi connectivity index (χ4v) is 3.18. The van der Waals surface area contributed by atoms with E-state index in [2.05, 4.69) is 5.32 Å². The Morgan fingerprint density at radius 3 is 2.62 bits per heavy atom. The SMILES string of the molecule is CCOc1cc(=O)c2cc(C(=O)OC)cc(C(C)Nc3cc(C)cc(F)c3)c2o1. The third kappa shape index (κ3) is 4.39. The maximum absolute atomic E-state index is 13.8. The molecule has 1 heterocycles. The quantitative estimate of drug-likeness (QED) is 0.611. The molecule has 0 radical (unpaired) electrons. The first kappa shape index (κ1) is 20.4. The summed E-state index contributed by atoms with van der Waals surface area (Å²) in [5.41, 5.74) is 2.05. The summed E-state index contributed by atoms with van der Waals surface area (Å²) in [6.45, 7) is 5.73. The largest absolute Gasteiger partial charge is 0.465 e. The van der Waals surface area contributed by atoms with Crippen LogP contribution in [0.1, 0.15) is 41.4 Å². The van der Waals surface area contributed by atoms with Crippen LogP contribution in [0.2, 0.25) is 0 Å². The number of anilines is 1. The van der Waals surface area contributed by atoms with E-state index >= 15 is 0 Å². The van der Waals surface area contributed by atoms with E-state index in [1.54, 1.807) is 26.0 Å². The molecule has 0 spiro atoms. The van der Waals surface area contributed by atoms with Crippen molar-refractivity contribution in [3.63, 3.8) is 0 Å². The third-order valence-electron chi connectivity index (χ3n) is 4.43. The van der Waals surface area contributed by atoms with Crippen LogP contribution in [-0.4, -0.2) is 19.7 Å². The Bertz CT molecular complexity index is 1100. The smallest absolute Gasteiger partial charge is 0.337 e. The van der Waals surface area contributed by atoms with Gasteiger partial charge in [0.05, 0.1) is 36.8 Å². The van der Waals surface area contributed by atoms with Gasteiger partial charge in [-0.3, -0.25) is 4.79 Å². The van der Waals surface area contributed by atoms with Gasteiger partial charge < -0.3 is 19.2 Å². The van der Waals surface area contributed by atoms with Crippen LogP contribution >= 0.6 is 0 Å². The lowest BCUT2D eigenvalue weighted by Gasteiger charge is -2.18. The summed E-state index contributed by atoms with van der Waals surface area (Å²) in [6.07, 6.45) is 0. The zero-order valence-electron chi connectivity index (χ0n) is 16.7. The molecule has 0 saturated heterocycles. The Morgan fingerprint density at radius 1 is 1.21 bits per heavy atom. The average Bonchev–Trinajstić information content (AvgIpc) is 2.66. The van der Waals surface area contributed by atoms with Crippen LogP contribution in [0.3, 0.4) is 0 Å². The van der Waals surface area contributed by atoms with Crippen LogP contribution in [0.4, 0.5) is 10.1 Å². The molecule has 0 aliphatic heterocycles. The number of esters is 1. The molecule has 0 amide bonds. The van der Waals surface area contributed by atoms with E-state index in [-0.39, 0.29) is 28.1 Å². The monoisotopic (exact) mass is 399 g/mol. The van der Waals surface area contributed by atoms with E-state index in [1.165, 1.54) is 31.4 Å². The topological polar surface area (TPSA) is 77.8 Å². The van der Waals surface area contributed by atoms with E-state index in [4.69, 9.17) is 13.9 Å². The molecule has 1 aromatic heterocycles. The highest BCUT2D eigenvalue weighted by Crippen LogP contribution is 2.30. The highest BCUT2D eigenvalue weighted by Gasteiger charge is 2.20. The van der Waals surface area contributed by atoms with Crippen molar-refractivity contribution in [1.82, 2.24) is 0 Å². The van der Waals surface area contributed by atoms with Crippen LogP contribution < -0.4 is 15.5 Å². The van der Waals surface area contributed by atoms with E-state index in [9.17, 15) is 14.0 Å². The minimum Gasteiger partial charge on any atom is -0.465 e. The van der Waals surface area contributed by atoms with Gasteiger partial charge >= 0.3 is 5.97 Å². The van der Waals surface area contributed by atoms with Gasteiger partial charge in [-0.1, -0.05) is 0 Å². The van der Waals surface area contributed by atoms with Crippen molar-refractivity contribution in [2.24, 2.45) is 0 Å². The molecule has 3 rings (SSSR count). The summed E-state index contributed by atoms with van der Waals surface area (Å²) in [4.78, 5) is 24.7. The van der Waals surface area contributed by atoms with Crippen LogP contribution in [0.25, 0.3) is 11.0 Å². The summed E-state index contributed by atoms with van der Waals surface area (Å²) in [5.74, 6) is -0.848. The number of fused-ring (bicyclic) bond motifs is 1. The van der Waals surface area contributed by atoms with Crippen molar-refractivity contribution in [2.75, 3.05) is 19.0 Å². The number of ether oxygens (including phenoxy) is 2. The van der Waals surface area contributed by atoms with Crippen LogP contribution in [0, 0.1) is 12.7 Å². The highest BCUT2D eigenvalue weighted by atomic mass is 19.1. The Labute approximate surface area is 167 Å². The molecule has 0 saturated carbocycles. The first-order chi connectivity index (χ1) is 13.8. The number of aryl methyl sites for hydroxylation is 1. The molecule has 7 heteroatoms. The Morgan fingerprint density at radius 2 is 1.97 bits per heavy atom. The van der Waals surface area contributed by atoms with Gasteiger partial charge in [0.2, 0.25) is 0 Å². The second-order valence-corrected chi connectivity index (χ2v) is 6.68. The number of hydrogen-bond acceptors (Lipinski definition) is 6. The second kappa shape index (κ2) is 8.34. The molecule has 1 N–H and O–H groups in total. The van der Waals surface area contributed by atoms with Gasteiger partial charge in [0.15, 0.2) is 5.43 Å². The summed E-state index contributed by atoms with van der Waals surface area (Å²) < 4.78 is 29.7. The van der Waals surface area contributed by atoms with E-state index in [1.807, 2.05) is 6.92 Å². The molecule has 0 fully saturated rings. The molecule has 29 heavy (non-hydrogen) atoms. The number of rotatable bonds is 6. The number of nitrogens with one attached hydrogen (secondary N) is 1. The lowest BCUT2D eigenvalue weighted by atomic mass is 10.0. The molecule has 0 bridgehead atoms. The van der Waals surface area contributed by atoms with Gasteiger partial charge in [-0.25, -0.2) is 9.18 Å². The molecular formula is C22H22FNO5. The van der Waals surface area contributed by atoms with E-state index < -0.39 is 12.0 Å². The van der Waals surface area contributed by atoms with Gasteiger partial charge in [-0.05, 0) is 56.7 Å². The molecule has 152 valence electrons. The van der Waals surface area contributed by atoms with Crippen molar-refractivity contribution in [1.29, 1.82) is 0 Å². The molecule has 0 aliphatic rings. The first-order valence-electron chi connectivity index (χ1n) is 9.19. The number of benzene rings is 2. The van der Waals surface area contributed by atoms with Crippen LogP contribution in [0.15, 0.2) is 45.6 Å². The highest BCUT2D eigenvalue weighted by molar-refractivity contribution is 5.95. The van der Waals surface area contributed by atoms with Crippen molar-refractivity contribution in [3.8, 4) is 5.95 Å². The maximum atomic E-state index is 13.8. The van der Waals surface area contributed by atoms with Gasteiger partial charge in [-0.15, -0.1) is 0 Å². The van der Waals surface area contributed by atoms with Gasteiger partial charge in [0.25, 0.3) is 5.95 Å². The number of carbonyl (C=O) groups excluding carboxylic acids is 1. The predicted octanol–water partition coefficient (Wildman–Crippen LogP) is 4.60. The zero-order valence-corrected chi connectivity index (χ0v) is 16.7. The third-order valence-corrected chi connectivity index (χ3v) is 4.43. The molecule has 1 unspecified atom stereocenters. The number of methoxy groups -OCH3 is 1. The van der Waals surface area contributed by atoms with Gasteiger partial charge in [0, 0.05) is 11.3 Å². The van der Waals surface area contributed by atoms with E-state index in [0.29, 0.717) is 23.4 Å². The normalized spacial score (nSPS) is 11.9. The zero-order chi connectivity index (χ0) is 21.1. The minimum atomic E-state index is -0.574. The molecule has 3 aromatic rings. The Hall–Kier alpha value is -3.35. The Kier molecular flexibility index (Phi) is 5.87. The lowest BCUT2D eigenvalue weighted by molar-refractivity contribution is 0.0601. The molecule has 2 aromatic carbocycles. The van der Waals surface area contributed by atoms with Crippen LogP contribution in [0.5, 0.6) is 5.95 Å². The average molecular weight is 399 g/mol. The van der Waals surface area contributed by atoms with Crippen molar-refractivity contribution in [2.45, 2.75) is 26.8 Å². The van der Waals surface area contributed by atoms with Crippen molar-refractivity contribution in [3.05, 3.63) is 69.1 Å². The molecule has 1 atom stereocenters. The summed E-state index contributed by atoms with van der Waals surface area (Å²) in [5, 5.41) is 3.42. The lowest BCUT2D eigenvalue weighted by Crippen LogP contribution is -2.13. The van der Waals surface area contributed by atoms with Gasteiger partial charge in [0.1, 0.15) is 11.4 Å². The molecule has 0 aliphatic carbocycles. The second-order valence-electron chi connectivity index (χ2n) is 6.68. The number of hydrogen-bond donors (Lipinski definition) is 1. The first-order valence-corrected chi connectivity index (χ1v) is 9.19. The van der Waals surface area contributed by atoms with Crippen molar-refractivity contribution >= 4 is 22.6 Å². The molecular weight excluding hydrogens is 377 g/mol. The fourth-order valence-electron chi connectivity index (χ4n) is 3.18. The predicted molar refractivity (Wildman–Crippen MR) is 108 cm³/mol. The van der Waals surface area contributed by atoms with E-state index in [0.717, 1.165) is 5.56 Å². The fraction of sp³-hybridized carbons (Fsp3) is 0.273. The van der Waals surface area contributed by atoms with Crippen molar-refractivity contribution < 1.29 is 23.1 Å². The molecule has 6 nitrogen and oxygen atoms in total. The summed E-state index contributed by atoms with van der Waals surface area (Å²) in [6, 6.07) is 8.46. The number of carbonyl (C=O) groups is 1. The summed E-state index contributed by atoms with van der Waals surface area (Å²) in [7, 11) is 1.27. The maximum Gasteiger partial charge on any atom is 0.337 e. The standard InChI is InChI=1S/C22H22FNO5/c1-5-28-20-11-19(25)18-9-14(22(26)27-4)8-17(21(18)29-20)13(3)24-16-7-12(2)6-15(23)10-16/h6-11,13,24H,5H2,1-4H3. The van der Waals surface area contributed by atoms with Gasteiger partial charge in [-0.2, -0.15) is 0 Å².